The summed E-state index contributed by atoms with van der Waals surface area (Å²) < 4.78 is 10.8. The quantitative estimate of drug-likeness (QED) is 0.886. The third-order valence-corrected chi connectivity index (χ3v) is 5.26. The van der Waals surface area contributed by atoms with E-state index < -0.39 is 0 Å². The Morgan fingerprint density at radius 3 is 2.58 bits per heavy atom. The topological polar surface area (TPSA) is 62.2 Å². The lowest BCUT2D eigenvalue weighted by Crippen LogP contribution is -2.30. The van der Waals surface area contributed by atoms with Crippen LogP contribution in [0.15, 0.2) is 18.2 Å². The van der Waals surface area contributed by atoms with Crippen LogP contribution in [0.25, 0.3) is 11.1 Å². The number of ether oxygens (including phenoxy) is 2. The van der Waals surface area contributed by atoms with Gasteiger partial charge in [0.15, 0.2) is 23.0 Å². The second-order valence-corrected chi connectivity index (χ2v) is 6.53. The molecule has 2 N–H and O–H groups in total. The molecule has 1 unspecified atom stereocenters. The van der Waals surface area contributed by atoms with Crippen LogP contribution in [-0.4, -0.2) is 38.0 Å². The van der Waals surface area contributed by atoms with Crippen LogP contribution in [0.4, 0.5) is 5.69 Å². The fourth-order valence-electron chi connectivity index (χ4n) is 4.11. The van der Waals surface area contributed by atoms with Gasteiger partial charge in [-0.1, -0.05) is 0 Å². The predicted molar refractivity (Wildman–Crippen MR) is 92.6 cm³/mol. The van der Waals surface area contributed by atoms with E-state index in [-0.39, 0.29) is 11.5 Å². The fraction of sp³-hybridized carbons (Fsp3) is 0.368. The third-order valence-electron chi connectivity index (χ3n) is 5.26. The molecule has 0 saturated heterocycles. The van der Waals surface area contributed by atoms with Gasteiger partial charge in [0.2, 0.25) is 0 Å². The third kappa shape index (κ3) is 1.94. The van der Waals surface area contributed by atoms with Crippen molar-refractivity contribution in [2.24, 2.45) is 0 Å². The normalized spacial score (nSPS) is 18.0. The van der Waals surface area contributed by atoms with Crippen LogP contribution in [0.5, 0.6) is 23.0 Å². The Balaban J connectivity index is 2.08. The molecule has 2 aliphatic rings. The molecule has 0 radical (unpaired) electrons. The number of phenols is 2. The average Bonchev–Trinajstić information content (AvgIpc) is 2.57. The smallest absolute Gasteiger partial charge is 0.168 e. The summed E-state index contributed by atoms with van der Waals surface area (Å²) in [5.74, 6) is 1.56. The molecule has 0 amide bonds. The molecule has 0 saturated carbocycles. The van der Waals surface area contributed by atoms with Crippen LogP contribution in [0, 0.1) is 0 Å². The Morgan fingerprint density at radius 1 is 1.08 bits per heavy atom. The van der Waals surface area contributed by atoms with E-state index in [0.29, 0.717) is 17.4 Å². The second-order valence-electron chi connectivity index (χ2n) is 6.53. The Morgan fingerprint density at radius 2 is 1.88 bits per heavy atom. The van der Waals surface area contributed by atoms with Crippen molar-refractivity contribution in [1.29, 1.82) is 0 Å². The van der Waals surface area contributed by atoms with E-state index in [1.54, 1.807) is 19.2 Å². The molecule has 24 heavy (non-hydrogen) atoms. The SMILES string of the molecule is COc1cc2c(cc1O)CC1CCN(C)c3cc(O)c(OC)c-2c31. The molecule has 5 heteroatoms. The molecule has 1 aliphatic heterocycles. The summed E-state index contributed by atoms with van der Waals surface area (Å²) in [5.41, 5.74) is 5.21. The van der Waals surface area contributed by atoms with Crippen LogP contribution in [0.1, 0.15) is 23.5 Å². The summed E-state index contributed by atoms with van der Waals surface area (Å²) in [6.07, 6.45) is 1.91. The van der Waals surface area contributed by atoms with E-state index >= 15 is 0 Å². The van der Waals surface area contributed by atoms with Crippen molar-refractivity contribution in [1.82, 2.24) is 0 Å². The number of hydrogen-bond donors (Lipinski definition) is 2. The first kappa shape index (κ1) is 15.0. The number of nitrogens with zero attached hydrogens (tertiary/aromatic N) is 1. The lowest BCUT2D eigenvalue weighted by Gasteiger charge is -2.39. The summed E-state index contributed by atoms with van der Waals surface area (Å²) in [5, 5.41) is 20.6. The molecular formula is C19H21NO4. The maximum atomic E-state index is 10.5. The molecule has 0 fully saturated rings. The zero-order chi connectivity index (χ0) is 17.0. The van der Waals surface area contributed by atoms with E-state index in [0.717, 1.165) is 41.8 Å². The number of fused-ring (bicyclic) bond motifs is 2. The second kappa shape index (κ2) is 5.23. The maximum Gasteiger partial charge on any atom is 0.168 e. The van der Waals surface area contributed by atoms with E-state index in [9.17, 15) is 10.2 Å². The van der Waals surface area contributed by atoms with Crippen molar-refractivity contribution >= 4 is 5.69 Å². The largest absolute Gasteiger partial charge is 0.504 e. The van der Waals surface area contributed by atoms with Gasteiger partial charge in [0.25, 0.3) is 0 Å². The number of aromatic hydroxyl groups is 2. The molecule has 0 bridgehead atoms. The van der Waals surface area contributed by atoms with Gasteiger partial charge in [0, 0.05) is 30.9 Å². The number of benzene rings is 2. The highest BCUT2D eigenvalue weighted by atomic mass is 16.5. The lowest BCUT2D eigenvalue weighted by atomic mass is 9.74. The molecule has 2 aromatic rings. The predicted octanol–water partition coefficient (Wildman–Crippen LogP) is 3.26. The molecule has 2 aromatic carbocycles. The average molecular weight is 327 g/mol. The van der Waals surface area contributed by atoms with Crippen LogP contribution < -0.4 is 14.4 Å². The van der Waals surface area contributed by atoms with Gasteiger partial charge in [0.05, 0.1) is 14.2 Å². The fourth-order valence-corrected chi connectivity index (χ4v) is 4.11. The van der Waals surface area contributed by atoms with Gasteiger partial charge in [-0.25, -0.2) is 0 Å². The first-order valence-corrected chi connectivity index (χ1v) is 8.10. The molecule has 1 heterocycles. The van der Waals surface area contributed by atoms with Crippen molar-refractivity contribution in [2.45, 2.75) is 18.8 Å². The minimum atomic E-state index is 0.138. The van der Waals surface area contributed by atoms with E-state index in [4.69, 9.17) is 9.47 Å². The molecule has 0 spiro atoms. The van der Waals surface area contributed by atoms with Gasteiger partial charge < -0.3 is 24.6 Å². The molecule has 4 rings (SSSR count). The summed E-state index contributed by atoms with van der Waals surface area (Å²) in [4.78, 5) is 2.18. The zero-order valence-corrected chi connectivity index (χ0v) is 14.1. The Bertz CT molecular complexity index is 831. The van der Waals surface area contributed by atoms with Crippen molar-refractivity contribution in [3.63, 3.8) is 0 Å². The first-order chi connectivity index (χ1) is 11.5. The summed E-state index contributed by atoms with van der Waals surface area (Å²) in [6.45, 7) is 0.945. The van der Waals surface area contributed by atoms with Gasteiger partial charge in [-0.2, -0.15) is 0 Å². The minimum Gasteiger partial charge on any atom is -0.504 e. The highest BCUT2D eigenvalue weighted by Crippen LogP contribution is 2.55. The van der Waals surface area contributed by atoms with Crippen molar-refractivity contribution < 1.29 is 19.7 Å². The van der Waals surface area contributed by atoms with Gasteiger partial charge in [-0.15, -0.1) is 0 Å². The standard InChI is InChI=1S/C19H21NO4/c1-20-5-4-10-6-11-7-14(21)16(23-2)8-12(11)18-17(10)13(20)9-15(22)19(18)24-3/h7-10,21-22H,4-6H2,1-3H3. The monoisotopic (exact) mass is 327 g/mol. The van der Waals surface area contributed by atoms with Gasteiger partial charge in [-0.3, -0.25) is 0 Å². The van der Waals surface area contributed by atoms with Crippen molar-refractivity contribution in [2.75, 3.05) is 32.7 Å². The van der Waals surface area contributed by atoms with Gasteiger partial charge >= 0.3 is 0 Å². The highest BCUT2D eigenvalue weighted by Gasteiger charge is 2.35. The summed E-state index contributed by atoms with van der Waals surface area (Å²) >= 11 is 0. The molecule has 0 aromatic heterocycles. The van der Waals surface area contributed by atoms with Crippen LogP contribution in [-0.2, 0) is 6.42 Å². The minimum absolute atomic E-state index is 0.138. The molecule has 126 valence electrons. The lowest BCUT2D eigenvalue weighted by molar-refractivity contribution is 0.370. The Hall–Kier alpha value is -2.56. The van der Waals surface area contributed by atoms with Crippen molar-refractivity contribution in [3.8, 4) is 34.1 Å². The summed E-state index contributed by atoms with van der Waals surface area (Å²) in [7, 11) is 5.16. The molecule has 1 aliphatic carbocycles. The van der Waals surface area contributed by atoms with Crippen LogP contribution >= 0.6 is 0 Å². The van der Waals surface area contributed by atoms with Crippen LogP contribution in [0.3, 0.4) is 0 Å². The molecule has 5 nitrogen and oxygen atoms in total. The maximum absolute atomic E-state index is 10.5. The van der Waals surface area contributed by atoms with Crippen LogP contribution in [0.2, 0.25) is 0 Å². The summed E-state index contributed by atoms with van der Waals surface area (Å²) in [6, 6.07) is 5.41. The Labute approximate surface area is 141 Å². The van der Waals surface area contributed by atoms with E-state index in [1.807, 2.05) is 13.1 Å². The molecule has 1 atom stereocenters. The number of phenolic OH excluding ortho intramolecular Hbond substituents is 2. The van der Waals surface area contributed by atoms with Gasteiger partial charge in [0.1, 0.15) is 0 Å². The van der Waals surface area contributed by atoms with E-state index in [1.165, 1.54) is 12.7 Å². The van der Waals surface area contributed by atoms with Crippen molar-refractivity contribution in [3.05, 3.63) is 29.3 Å². The number of methoxy groups -OCH3 is 2. The Kier molecular flexibility index (Phi) is 3.27. The number of hydrogen-bond acceptors (Lipinski definition) is 5. The van der Waals surface area contributed by atoms with Gasteiger partial charge in [-0.05, 0) is 47.6 Å². The van der Waals surface area contributed by atoms with E-state index in [2.05, 4.69) is 4.90 Å². The molecular weight excluding hydrogens is 306 g/mol. The zero-order valence-electron chi connectivity index (χ0n) is 14.1. The number of anilines is 1. The first-order valence-electron chi connectivity index (χ1n) is 8.10. The number of rotatable bonds is 2. The highest BCUT2D eigenvalue weighted by molar-refractivity contribution is 5.88.